The van der Waals surface area contributed by atoms with Crippen molar-refractivity contribution in [3.8, 4) is 6.07 Å². The Morgan fingerprint density at radius 3 is 2.70 bits per heavy atom. The van der Waals surface area contributed by atoms with Crippen LogP contribution in [0.15, 0.2) is 24.3 Å². The van der Waals surface area contributed by atoms with Gasteiger partial charge in [0.2, 0.25) is 5.91 Å². The first-order valence-electron chi connectivity index (χ1n) is 7.17. The van der Waals surface area contributed by atoms with Crippen LogP contribution in [0.3, 0.4) is 0 Å². The molecule has 2 bridgehead atoms. The molecule has 3 atom stereocenters. The molecule has 1 aromatic carbocycles. The molecule has 2 fully saturated rings. The van der Waals surface area contributed by atoms with Gasteiger partial charge < -0.3 is 10.2 Å². The van der Waals surface area contributed by atoms with Crippen LogP contribution in [0.5, 0.6) is 0 Å². The van der Waals surface area contributed by atoms with E-state index in [0.717, 1.165) is 18.4 Å². The van der Waals surface area contributed by atoms with Crippen LogP contribution in [-0.4, -0.2) is 29.9 Å². The second-order valence-electron chi connectivity index (χ2n) is 5.89. The molecule has 1 amide bonds. The highest BCUT2D eigenvalue weighted by Gasteiger charge is 2.43. The van der Waals surface area contributed by atoms with Gasteiger partial charge in [0.1, 0.15) is 0 Å². The Morgan fingerprint density at radius 2 is 2.15 bits per heavy atom. The average molecular weight is 269 g/mol. The van der Waals surface area contributed by atoms with E-state index in [1.165, 1.54) is 6.42 Å². The van der Waals surface area contributed by atoms with Crippen LogP contribution in [0.4, 0.5) is 0 Å². The molecule has 0 radical (unpaired) electrons. The maximum atomic E-state index is 12.5. The average Bonchev–Trinajstić information content (AvgIpc) is 3.10. The third-order valence-corrected chi connectivity index (χ3v) is 4.50. The van der Waals surface area contributed by atoms with Crippen LogP contribution in [0.25, 0.3) is 0 Å². The number of nitriles is 1. The Balaban J connectivity index is 1.62. The predicted molar refractivity (Wildman–Crippen MR) is 75.7 cm³/mol. The van der Waals surface area contributed by atoms with E-state index in [9.17, 15) is 4.79 Å². The Bertz CT molecular complexity index is 546. The van der Waals surface area contributed by atoms with Gasteiger partial charge in [-0.05, 0) is 37.0 Å². The number of fused-ring (bicyclic) bond motifs is 2. The number of nitrogens with zero attached hydrogens (tertiary/aromatic N) is 2. The van der Waals surface area contributed by atoms with Gasteiger partial charge in [0, 0.05) is 25.7 Å². The van der Waals surface area contributed by atoms with Crippen molar-refractivity contribution >= 4 is 5.91 Å². The Labute approximate surface area is 119 Å². The van der Waals surface area contributed by atoms with E-state index < -0.39 is 0 Å². The molecule has 2 saturated heterocycles. The van der Waals surface area contributed by atoms with Crippen LogP contribution in [0.1, 0.15) is 30.4 Å². The van der Waals surface area contributed by atoms with Gasteiger partial charge in [0.25, 0.3) is 0 Å². The lowest BCUT2D eigenvalue weighted by Gasteiger charge is -2.25. The zero-order chi connectivity index (χ0) is 14.1. The summed E-state index contributed by atoms with van der Waals surface area (Å²) >= 11 is 0. The second-order valence-corrected chi connectivity index (χ2v) is 5.89. The third kappa shape index (κ3) is 2.41. The monoisotopic (exact) mass is 269 g/mol. The molecule has 4 heteroatoms. The Hall–Kier alpha value is -1.86. The summed E-state index contributed by atoms with van der Waals surface area (Å²) in [5, 5.41) is 12.3. The molecule has 2 heterocycles. The molecule has 104 valence electrons. The zero-order valence-electron chi connectivity index (χ0n) is 11.7. The summed E-state index contributed by atoms with van der Waals surface area (Å²) in [7, 11) is 1.87. The summed E-state index contributed by atoms with van der Waals surface area (Å²) in [5.74, 6) is 0.395. The van der Waals surface area contributed by atoms with Crippen molar-refractivity contribution in [2.24, 2.45) is 5.92 Å². The van der Waals surface area contributed by atoms with Gasteiger partial charge in [-0.3, -0.25) is 4.79 Å². The quantitative estimate of drug-likeness (QED) is 0.908. The van der Waals surface area contributed by atoms with E-state index in [2.05, 4.69) is 11.4 Å². The van der Waals surface area contributed by atoms with Crippen LogP contribution < -0.4 is 5.32 Å². The van der Waals surface area contributed by atoms with Crippen molar-refractivity contribution in [3.05, 3.63) is 35.4 Å². The highest BCUT2D eigenvalue weighted by Crippen LogP contribution is 2.34. The lowest BCUT2D eigenvalue weighted by molar-refractivity contribution is -0.135. The smallest absolute Gasteiger partial charge is 0.227 e. The minimum atomic E-state index is 0.150. The number of benzene rings is 1. The van der Waals surface area contributed by atoms with Gasteiger partial charge in [-0.25, -0.2) is 0 Å². The molecule has 1 N–H and O–H groups in total. The fourth-order valence-electron chi connectivity index (χ4n) is 3.42. The van der Waals surface area contributed by atoms with Crippen molar-refractivity contribution in [2.75, 3.05) is 7.05 Å². The summed E-state index contributed by atoms with van der Waals surface area (Å²) in [4.78, 5) is 14.3. The number of amides is 1. The van der Waals surface area contributed by atoms with Crippen molar-refractivity contribution in [1.29, 1.82) is 5.26 Å². The largest absolute Gasteiger partial charge is 0.341 e. The van der Waals surface area contributed by atoms with E-state index in [-0.39, 0.29) is 11.8 Å². The standard InChI is InChI=1S/C16H19N3O/c1-19(10-12-4-2-11(9-17)3-5-12)16(20)14-8-13-6-7-15(14)18-13/h2-5,13-15,18H,6-8,10H2,1H3. The van der Waals surface area contributed by atoms with Gasteiger partial charge in [-0.1, -0.05) is 12.1 Å². The summed E-state index contributed by atoms with van der Waals surface area (Å²) in [6, 6.07) is 10.5. The lowest BCUT2D eigenvalue weighted by Crippen LogP contribution is -2.38. The first-order valence-corrected chi connectivity index (χ1v) is 7.17. The molecule has 3 rings (SSSR count). The number of hydrogen-bond donors (Lipinski definition) is 1. The lowest BCUT2D eigenvalue weighted by atomic mass is 9.88. The first kappa shape index (κ1) is 13.1. The predicted octanol–water partition coefficient (Wildman–Crippen LogP) is 1.66. The van der Waals surface area contributed by atoms with Crippen molar-refractivity contribution in [1.82, 2.24) is 10.2 Å². The van der Waals surface area contributed by atoms with E-state index >= 15 is 0 Å². The Kier molecular flexibility index (Phi) is 3.45. The first-order chi connectivity index (χ1) is 9.67. The normalized spacial score (nSPS) is 27.3. The summed E-state index contributed by atoms with van der Waals surface area (Å²) in [6.45, 7) is 0.610. The van der Waals surface area contributed by atoms with Crippen LogP contribution in [-0.2, 0) is 11.3 Å². The number of carbonyl (C=O) groups is 1. The van der Waals surface area contributed by atoms with Crippen LogP contribution in [0, 0.1) is 17.2 Å². The summed E-state index contributed by atoms with van der Waals surface area (Å²) < 4.78 is 0. The molecule has 2 aliphatic heterocycles. The van der Waals surface area contributed by atoms with Crippen molar-refractivity contribution < 1.29 is 4.79 Å². The minimum Gasteiger partial charge on any atom is -0.341 e. The van der Waals surface area contributed by atoms with Gasteiger partial charge in [0.15, 0.2) is 0 Å². The van der Waals surface area contributed by atoms with E-state index in [0.29, 0.717) is 24.2 Å². The molecule has 1 aromatic rings. The highest BCUT2D eigenvalue weighted by atomic mass is 16.2. The molecule has 3 unspecified atom stereocenters. The molecule has 20 heavy (non-hydrogen) atoms. The summed E-state index contributed by atoms with van der Waals surface area (Å²) in [5.41, 5.74) is 1.72. The third-order valence-electron chi connectivity index (χ3n) is 4.50. The highest BCUT2D eigenvalue weighted by molar-refractivity contribution is 5.80. The van der Waals surface area contributed by atoms with E-state index in [4.69, 9.17) is 5.26 Å². The minimum absolute atomic E-state index is 0.150. The molecule has 0 saturated carbocycles. The second kappa shape index (κ2) is 5.26. The molecule has 0 aromatic heterocycles. The van der Waals surface area contributed by atoms with E-state index in [1.54, 1.807) is 12.1 Å². The summed E-state index contributed by atoms with van der Waals surface area (Å²) in [6.07, 6.45) is 3.33. The number of rotatable bonds is 3. The SMILES string of the molecule is CN(Cc1ccc(C#N)cc1)C(=O)C1CC2CCC1N2. The van der Waals surface area contributed by atoms with Gasteiger partial charge in [-0.15, -0.1) is 0 Å². The van der Waals surface area contributed by atoms with Crippen LogP contribution >= 0.6 is 0 Å². The molecule has 0 aliphatic carbocycles. The zero-order valence-corrected chi connectivity index (χ0v) is 11.7. The van der Waals surface area contributed by atoms with Gasteiger partial charge in [-0.2, -0.15) is 5.26 Å². The maximum absolute atomic E-state index is 12.5. The topological polar surface area (TPSA) is 56.1 Å². The fourth-order valence-corrected chi connectivity index (χ4v) is 3.42. The molecule has 4 nitrogen and oxygen atoms in total. The van der Waals surface area contributed by atoms with Crippen molar-refractivity contribution in [3.63, 3.8) is 0 Å². The number of carbonyl (C=O) groups excluding carboxylic acids is 1. The van der Waals surface area contributed by atoms with E-state index in [1.807, 2.05) is 24.1 Å². The number of hydrogen-bond acceptors (Lipinski definition) is 3. The molecule has 2 aliphatic rings. The Morgan fingerprint density at radius 1 is 1.40 bits per heavy atom. The molecular formula is C16H19N3O. The van der Waals surface area contributed by atoms with Gasteiger partial charge >= 0.3 is 0 Å². The van der Waals surface area contributed by atoms with Gasteiger partial charge in [0.05, 0.1) is 17.6 Å². The fraction of sp³-hybridized carbons (Fsp3) is 0.500. The van der Waals surface area contributed by atoms with Crippen LogP contribution in [0.2, 0.25) is 0 Å². The molecule has 0 spiro atoms. The maximum Gasteiger partial charge on any atom is 0.227 e. The number of nitrogens with one attached hydrogen (secondary N) is 1. The van der Waals surface area contributed by atoms with Crippen molar-refractivity contribution in [2.45, 2.75) is 37.9 Å². The molecular weight excluding hydrogens is 250 g/mol.